The van der Waals surface area contributed by atoms with E-state index in [0.717, 1.165) is 29.8 Å². The van der Waals surface area contributed by atoms with Gasteiger partial charge in [0, 0.05) is 16.9 Å². The van der Waals surface area contributed by atoms with Crippen LogP contribution in [-0.4, -0.2) is 11.8 Å². The van der Waals surface area contributed by atoms with Gasteiger partial charge in [0.15, 0.2) is 0 Å². The number of hydrogen-bond acceptors (Lipinski definition) is 2. The van der Waals surface area contributed by atoms with Gasteiger partial charge in [0.2, 0.25) is 5.91 Å². The van der Waals surface area contributed by atoms with Crippen molar-refractivity contribution in [3.63, 3.8) is 0 Å². The molecule has 2 N–H and O–H groups in total. The Kier molecular flexibility index (Phi) is 3.82. The Morgan fingerprint density at radius 2 is 1.72 bits per heavy atom. The predicted molar refractivity (Wildman–Crippen MR) is 87.5 cm³/mol. The molecule has 1 aliphatic heterocycles. The molecule has 3 rings (SSSR count). The third-order valence-corrected chi connectivity index (χ3v) is 4.24. The number of halogens is 3. The van der Waals surface area contributed by atoms with Crippen LogP contribution in [-0.2, 0) is 16.4 Å². The molecule has 130 valence electrons. The Balaban J connectivity index is 1.79. The monoisotopic (exact) mass is 348 g/mol. The zero-order valence-electron chi connectivity index (χ0n) is 13.5. The third-order valence-electron chi connectivity index (χ3n) is 4.24. The number of fused-ring (bicyclic) bond motifs is 1. The van der Waals surface area contributed by atoms with Crippen LogP contribution in [0.4, 0.5) is 24.5 Å². The molecule has 0 radical (unpaired) electrons. The van der Waals surface area contributed by atoms with Crippen LogP contribution >= 0.6 is 0 Å². The largest absolute Gasteiger partial charge is 0.416 e. The van der Waals surface area contributed by atoms with Crippen molar-refractivity contribution in [2.45, 2.75) is 25.4 Å². The lowest BCUT2D eigenvalue weighted by molar-refractivity contribution is -0.137. The summed E-state index contributed by atoms with van der Waals surface area (Å²) in [6.07, 6.45) is -4.44. The SMILES string of the molecule is CC1(C)C(=O)Nc2cc(NC(=O)c3ccc(C(F)(F)F)cc3)ccc21. The van der Waals surface area contributed by atoms with Crippen molar-refractivity contribution >= 4 is 23.2 Å². The molecular formula is C18H15F3N2O2. The highest BCUT2D eigenvalue weighted by molar-refractivity contribution is 6.08. The minimum absolute atomic E-state index is 0.109. The molecule has 0 fully saturated rings. The first kappa shape index (κ1) is 17.0. The van der Waals surface area contributed by atoms with Gasteiger partial charge in [-0.15, -0.1) is 0 Å². The van der Waals surface area contributed by atoms with Gasteiger partial charge in [-0.05, 0) is 55.8 Å². The zero-order valence-corrected chi connectivity index (χ0v) is 13.5. The Morgan fingerprint density at radius 1 is 1.08 bits per heavy atom. The molecule has 0 spiro atoms. The van der Waals surface area contributed by atoms with Crippen LogP contribution in [0.25, 0.3) is 0 Å². The van der Waals surface area contributed by atoms with E-state index in [-0.39, 0.29) is 11.5 Å². The summed E-state index contributed by atoms with van der Waals surface area (Å²) in [6.45, 7) is 3.60. The summed E-state index contributed by atoms with van der Waals surface area (Å²) < 4.78 is 37.7. The molecule has 2 aromatic rings. The normalized spacial score (nSPS) is 15.5. The second-order valence-corrected chi connectivity index (χ2v) is 6.37. The maximum Gasteiger partial charge on any atom is 0.416 e. The van der Waals surface area contributed by atoms with Gasteiger partial charge in [-0.1, -0.05) is 6.07 Å². The molecule has 4 nitrogen and oxygen atoms in total. The van der Waals surface area contributed by atoms with E-state index in [1.807, 2.05) is 0 Å². The molecule has 0 saturated carbocycles. The standard InChI is InChI=1S/C18H15F3N2O2/c1-17(2)13-8-7-12(9-14(13)23-16(17)25)22-15(24)10-3-5-11(6-4-10)18(19,20)21/h3-9H,1-2H3,(H,22,24)(H,23,25). The van der Waals surface area contributed by atoms with Crippen LogP contribution in [0, 0.1) is 0 Å². The fourth-order valence-electron chi connectivity index (χ4n) is 2.69. The van der Waals surface area contributed by atoms with Gasteiger partial charge in [0.1, 0.15) is 0 Å². The van der Waals surface area contributed by atoms with Crippen LogP contribution in [0.5, 0.6) is 0 Å². The van der Waals surface area contributed by atoms with Crippen LogP contribution in [0.2, 0.25) is 0 Å². The predicted octanol–water partition coefficient (Wildman–Crippen LogP) is 4.19. The van der Waals surface area contributed by atoms with Gasteiger partial charge in [-0.2, -0.15) is 13.2 Å². The van der Waals surface area contributed by atoms with Gasteiger partial charge in [0.25, 0.3) is 5.91 Å². The van der Waals surface area contributed by atoms with Crippen molar-refractivity contribution < 1.29 is 22.8 Å². The molecule has 0 aromatic heterocycles. The van der Waals surface area contributed by atoms with E-state index >= 15 is 0 Å². The molecule has 0 unspecified atom stereocenters. The first-order chi connectivity index (χ1) is 11.6. The van der Waals surface area contributed by atoms with Crippen molar-refractivity contribution in [2.24, 2.45) is 0 Å². The van der Waals surface area contributed by atoms with E-state index in [9.17, 15) is 22.8 Å². The molecule has 2 aromatic carbocycles. The third kappa shape index (κ3) is 3.09. The zero-order chi connectivity index (χ0) is 18.4. The van der Waals surface area contributed by atoms with Crippen molar-refractivity contribution in [3.05, 3.63) is 59.2 Å². The maximum atomic E-state index is 12.6. The van der Waals surface area contributed by atoms with E-state index in [4.69, 9.17) is 0 Å². The number of hydrogen-bond donors (Lipinski definition) is 2. The van der Waals surface area contributed by atoms with E-state index in [1.54, 1.807) is 32.0 Å². The Hall–Kier alpha value is -2.83. The van der Waals surface area contributed by atoms with Gasteiger partial charge in [0.05, 0.1) is 11.0 Å². The minimum Gasteiger partial charge on any atom is -0.325 e. The van der Waals surface area contributed by atoms with E-state index < -0.39 is 23.1 Å². The van der Waals surface area contributed by atoms with Crippen LogP contribution in [0.1, 0.15) is 35.3 Å². The lowest BCUT2D eigenvalue weighted by Crippen LogP contribution is -2.26. The molecule has 7 heteroatoms. The van der Waals surface area contributed by atoms with Gasteiger partial charge < -0.3 is 10.6 Å². The summed E-state index contributed by atoms with van der Waals surface area (Å²) in [7, 11) is 0. The summed E-state index contributed by atoms with van der Waals surface area (Å²) >= 11 is 0. The Labute approximate surface area is 142 Å². The molecule has 0 atom stereocenters. The van der Waals surface area contributed by atoms with Crippen molar-refractivity contribution in [1.29, 1.82) is 0 Å². The molecule has 0 saturated heterocycles. The van der Waals surface area contributed by atoms with Crippen molar-refractivity contribution in [1.82, 2.24) is 0 Å². The number of anilines is 2. The summed E-state index contributed by atoms with van der Waals surface area (Å²) in [4.78, 5) is 24.1. The second kappa shape index (κ2) is 5.61. The van der Waals surface area contributed by atoms with E-state index in [2.05, 4.69) is 10.6 Å². The summed E-state index contributed by atoms with van der Waals surface area (Å²) in [5.41, 5.74) is 0.530. The molecule has 25 heavy (non-hydrogen) atoms. The number of nitrogens with one attached hydrogen (secondary N) is 2. The molecule has 0 aliphatic carbocycles. The molecule has 0 bridgehead atoms. The van der Waals surface area contributed by atoms with E-state index in [1.165, 1.54) is 0 Å². The average Bonchev–Trinajstić information content (AvgIpc) is 2.76. The summed E-state index contributed by atoms with van der Waals surface area (Å²) in [5.74, 6) is -0.661. The fourth-order valence-corrected chi connectivity index (χ4v) is 2.69. The van der Waals surface area contributed by atoms with Crippen LogP contribution < -0.4 is 10.6 Å². The lowest BCUT2D eigenvalue weighted by atomic mass is 9.86. The Bertz CT molecular complexity index is 856. The molecular weight excluding hydrogens is 333 g/mol. The smallest absolute Gasteiger partial charge is 0.325 e. The second-order valence-electron chi connectivity index (χ2n) is 6.37. The number of benzene rings is 2. The minimum atomic E-state index is -4.44. The topological polar surface area (TPSA) is 58.2 Å². The van der Waals surface area contributed by atoms with Crippen molar-refractivity contribution in [3.8, 4) is 0 Å². The quantitative estimate of drug-likeness (QED) is 0.855. The number of amides is 2. The average molecular weight is 348 g/mol. The van der Waals surface area contributed by atoms with Gasteiger partial charge in [-0.3, -0.25) is 9.59 Å². The van der Waals surface area contributed by atoms with Crippen molar-refractivity contribution in [2.75, 3.05) is 10.6 Å². The maximum absolute atomic E-state index is 12.6. The lowest BCUT2D eigenvalue weighted by Gasteiger charge is -2.15. The van der Waals surface area contributed by atoms with E-state index in [0.29, 0.717) is 11.4 Å². The summed E-state index contributed by atoms with van der Waals surface area (Å²) in [5, 5.41) is 5.37. The number of carbonyl (C=O) groups is 2. The van der Waals surface area contributed by atoms with Crippen LogP contribution in [0.3, 0.4) is 0 Å². The highest BCUT2D eigenvalue weighted by Crippen LogP contribution is 2.38. The highest BCUT2D eigenvalue weighted by Gasteiger charge is 2.38. The number of alkyl halides is 3. The number of rotatable bonds is 2. The first-order valence-electron chi connectivity index (χ1n) is 7.53. The van der Waals surface area contributed by atoms with Gasteiger partial charge >= 0.3 is 6.18 Å². The fraction of sp³-hybridized carbons (Fsp3) is 0.222. The highest BCUT2D eigenvalue weighted by atomic mass is 19.4. The molecule has 1 heterocycles. The Morgan fingerprint density at radius 3 is 2.32 bits per heavy atom. The van der Waals surface area contributed by atoms with Gasteiger partial charge in [-0.25, -0.2) is 0 Å². The number of carbonyl (C=O) groups excluding carboxylic acids is 2. The first-order valence-corrected chi connectivity index (χ1v) is 7.53. The molecule has 1 aliphatic rings. The summed E-state index contributed by atoms with van der Waals surface area (Å²) in [6, 6.07) is 9.00. The molecule has 2 amide bonds. The van der Waals surface area contributed by atoms with Crippen LogP contribution in [0.15, 0.2) is 42.5 Å².